The van der Waals surface area contributed by atoms with E-state index in [1.807, 2.05) is 24.3 Å². The van der Waals surface area contributed by atoms with Crippen LogP contribution >= 0.6 is 0 Å². The number of benzene rings is 1. The fraction of sp³-hybridized carbons (Fsp3) is 0. The summed E-state index contributed by atoms with van der Waals surface area (Å²) in [4.78, 5) is 15.3. The second-order valence-corrected chi connectivity index (χ2v) is 3.79. The van der Waals surface area contributed by atoms with Gasteiger partial charge in [-0.05, 0) is 24.3 Å². The highest BCUT2D eigenvalue weighted by molar-refractivity contribution is 6.02. The predicted molar refractivity (Wildman–Crippen MR) is 65.8 cm³/mol. The minimum atomic E-state index is -0.957. The first-order valence-electron chi connectivity index (χ1n) is 5.39. The lowest BCUT2D eigenvalue weighted by Gasteiger charge is -2.02. The predicted octanol–water partition coefficient (Wildman–Crippen LogP) is 2.12. The number of hydrogen-bond donors (Lipinski definition) is 1. The second kappa shape index (κ2) is 3.96. The first-order chi connectivity index (χ1) is 8.77. The van der Waals surface area contributed by atoms with Crippen molar-refractivity contribution in [1.29, 1.82) is 0 Å². The Bertz CT molecular complexity index is 719. The zero-order valence-corrected chi connectivity index (χ0v) is 9.32. The van der Waals surface area contributed by atoms with Crippen molar-refractivity contribution >= 4 is 16.9 Å². The van der Waals surface area contributed by atoms with E-state index in [-0.39, 0.29) is 5.56 Å². The maximum absolute atomic E-state index is 11.1. The molecule has 0 aliphatic heterocycles. The molecular formula is C13H9N3O2. The summed E-state index contributed by atoms with van der Waals surface area (Å²) in [5.74, 6) is -0.295. The van der Waals surface area contributed by atoms with Gasteiger partial charge in [0.1, 0.15) is 0 Å². The van der Waals surface area contributed by atoms with Gasteiger partial charge in [0.05, 0.1) is 17.3 Å². The Morgan fingerprint density at radius 1 is 1.17 bits per heavy atom. The molecule has 0 aliphatic carbocycles. The normalized spacial score (nSPS) is 10.7. The molecule has 1 aromatic carbocycles. The average Bonchev–Trinajstić information content (AvgIpc) is 2.83. The smallest absolute Gasteiger partial charge is 0.336 e. The maximum atomic E-state index is 11.1. The number of carbonyl (C=O) groups is 1. The van der Waals surface area contributed by atoms with E-state index in [0.29, 0.717) is 11.2 Å². The molecule has 3 aromatic rings. The van der Waals surface area contributed by atoms with E-state index in [4.69, 9.17) is 5.11 Å². The van der Waals surface area contributed by atoms with Crippen LogP contribution in [0, 0.1) is 0 Å². The highest BCUT2D eigenvalue weighted by Crippen LogP contribution is 2.20. The Labute approximate surface area is 102 Å². The van der Waals surface area contributed by atoms with Crippen LogP contribution in [-0.2, 0) is 0 Å². The summed E-state index contributed by atoms with van der Waals surface area (Å²) < 4.78 is 1.63. The molecule has 2 aromatic heterocycles. The van der Waals surface area contributed by atoms with Crippen molar-refractivity contribution < 1.29 is 9.90 Å². The molecule has 88 valence electrons. The van der Waals surface area contributed by atoms with Crippen molar-refractivity contribution in [2.75, 3.05) is 0 Å². The number of fused-ring (bicyclic) bond motifs is 1. The summed E-state index contributed by atoms with van der Waals surface area (Å²) in [5.41, 5.74) is 0.975. The van der Waals surface area contributed by atoms with Crippen LogP contribution in [0.15, 0.2) is 48.8 Å². The summed E-state index contributed by atoms with van der Waals surface area (Å²) in [6.07, 6.45) is 3.22. The average molecular weight is 239 g/mol. The zero-order chi connectivity index (χ0) is 12.5. The molecule has 0 amide bonds. The van der Waals surface area contributed by atoms with Gasteiger partial charge in [0.2, 0.25) is 0 Å². The van der Waals surface area contributed by atoms with Gasteiger partial charge in [-0.3, -0.25) is 0 Å². The number of aromatic carboxylic acids is 1. The van der Waals surface area contributed by atoms with E-state index < -0.39 is 5.97 Å². The topological polar surface area (TPSA) is 68.0 Å². The molecule has 2 heterocycles. The van der Waals surface area contributed by atoms with Crippen molar-refractivity contribution in [3.8, 4) is 5.82 Å². The molecule has 0 spiro atoms. The second-order valence-electron chi connectivity index (χ2n) is 3.79. The van der Waals surface area contributed by atoms with E-state index in [1.165, 1.54) is 0 Å². The van der Waals surface area contributed by atoms with E-state index in [1.54, 1.807) is 29.2 Å². The summed E-state index contributed by atoms with van der Waals surface area (Å²) in [5, 5.41) is 13.9. The van der Waals surface area contributed by atoms with Gasteiger partial charge >= 0.3 is 5.97 Å². The molecule has 1 N–H and O–H groups in total. The summed E-state index contributed by atoms with van der Waals surface area (Å²) in [6, 6.07) is 10.6. The molecule has 5 heteroatoms. The number of pyridine rings is 1. The van der Waals surface area contributed by atoms with Gasteiger partial charge in [0, 0.05) is 11.6 Å². The van der Waals surface area contributed by atoms with Gasteiger partial charge < -0.3 is 5.11 Å². The van der Waals surface area contributed by atoms with E-state index >= 15 is 0 Å². The lowest BCUT2D eigenvalue weighted by atomic mass is 10.1. The summed E-state index contributed by atoms with van der Waals surface area (Å²) in [6.45, 7) is 0. The van der Waals surface area contributed by atoms with Gasteiger partial charge in [-0.1, -0.05) is 12.1 Å². The molecule has 0 fully saturated rings. The van der Waals surface area contributed by atoms with Crippen LogP contribution in [0.1, 0.15) is 10.4 Å². The molecule has 0 saturated heterocycles. The minimum Gasteiger partial charge on any atom is -0.478 e. The number of carboxylic acid groups (broad SMARTS) is 1. The van der Waals surface area contributed by atoms with E-state index in [0.717, 1.165) is 5.52 Å². The molecular weight excluding hydrogens is 230 g/mol. The summed E-state index contributed by atoms with van der Waals surface area (Å²) in [7, 11) is 0. The van der Waals surface area contributed by atoms with Crippen LogP contribution in [0.25, 0.3) is 16.7 Å². The molecule has 0 saturated carbocycles. The van der Waals surface area contributed by atoms with Gasteiger partial charge in [-0.25, -0.2) is 14.5 Å². The van der Waals surface area contributed by atoms with Crippen LogP contribution in [0.2, 0.25) is 0 Å². The maximum Gasteiger partial charge on any atom is 0.336 e. The van der Waals surface area contributed by atoms with Crippen molar-refractivity contribution in [3.63, 3.8) is 0 Å². The lowest BCUT2D eigenvalue weighted by molar-refractivity contribution is 0.0699. The number of carboxylic acids is 1. The Balaban J connectivity index is 2.28. The monoisotopic (exact) mass is 239 g/mol. The highest BCUT2D eigenvalue weighted by atomic mass is 16.4. The number of hydrogen-bond acceptors (Lipinski definition) is 3. The standard InChI is InChI=1S/C13H9N3O2/c17-13(18)9-4-3-5-11-10(9)8-15-16(11)12-6-1-2-7-14-12/h1-8H,(H,17,18). The van der Waals surface area contributed by atoms with Crippen molar-refractivity contribution in [2.24, 2.45) is 0 Å². The molecule has 0 radical (unpaired) electrons. The first-order valence-corrected chi connectivity index (χ1v) is 5.39. The van der Waals surface area contributed by atoms with Crippen LogP contribution < -0.4 is 0 Å². The number of nitrogens with zero attached hydrogens (tertiary/aromatic N) is 3. The first kappa shape index (κ1) is 10.5. The Kier molecular flexibility index (Phi) is 2.30. The van der Waals surface area contributed by atoms with Crippen molar-refractivity contribution in [1.82, 2.24) is 14.8 Å². The van der Waals surface area contributed by atoms with Gasteiger partial charge in [-0.15, -0.1) is 0 Å². The van der Waals surface area contributed by atoms with Crippen molar-refractivity contribution in [2.45, 2.75) is 0 Å². The molecule has 0 aliphatic rings. The third kappa shape index (κ3) is 1.53. The molecule has 3 rings (SSSR count). The number of rotatable bonds is 2. The Morgan fingerprint density at radius 2 is 2.06 bits per heavy atom. The molecule has 18 heavy (non-hydrogen) atoms. The number of aromatic nitrogens is 3. The van der Waals surface area contributed by atoms with Crippen LogP contribution in [-0.4, -0.2) is 25.8 Å². The molecule has 0 atom stereocenters. The van der Waals surface area contributed by atoms with Crippen LogP contribution in [0.5, 0.6) is 0 Å². The third-order valence-electron chi connectivity index (χ3n) is 2.71. The molecule has 0 bridgehead atoms. The van der Waals surface area contributed by atoms with Gasteiger partial charge in [0.15, 0.2) is 5.82 Å². The van der Waals surface area contributed by atoms with Gasteiger partial charge in [-0.2, -0.15) is 5.10 Å². The highest BCUT2D eigenvalue weighted by Gasteiger charge is 2.12. The fourth-order valence-electron chi connectivity index (χ4n) is 1.90. The largest absolute Gasteiger partial charge is 0.478 e. The van der Waals surface area contributed by atoms with Crippen LogP contribution in [0.4, 0.5) is 0 Å². The zero-order valence-electron chi connectivity index (χ0n) is 9.32. The Hall–Kier alpha value is -2.69. The lowest BCUT2D eigenvalue weighted by Crippen LogP contribution is -1.99. The molecule has 5 nitrogen and oxygen atoms in total. The van der Waals surface area contributed by atoms with Crippen molar-refractivity contribution in [3.05, 3.63) is 54.4 Å². The SMILES string of the molecule is O=C(O)c1cccc2c1cnn2-c1ccccn1. The fourth-order valence-corrected chi connectivity index (χ4v) is 1.90. The van der Waals surface area contributed by atoms with E-state index in [2.05, 4.69) is 10.1 Å². The summed E-state index contributed by atoms with van der Waals surface area (Å²) >= 11 is 0. The van der Waals surface area contributed by atoms with Crippen LogP contribution in [0.3, 0.4) is 0 Å². The Morgan fingerprint density at radius 3 is 2.78 bits per heavy atom. The molecule has 0 unspecified atom stereocenters. The van der Waals surface area contributed by atoms with Gasteiger partial charge in [0.25, 0.3) is 0 Å². The third-order valence-corrected chi connectivity index (χ3v) is 2.71. The van der Waals surface area contributed by atoms with E-state index in [9.17, 15) is 4.79 Å². The minimum absolute atomic E-state index is 0.245. The quantitative estimate of drug-likeness (QED) is 0.743.